The summed E-state index contributed by atoms with van der Waals surface area (Å²) in [6.45, 7) is 5.22. The maximum absolute atomic E-state index is 13.1. The second kappa shape index (κ2) is 4.01. The highest BCUT2D eigenvalue weighted by molar-refractivity contribution is 5.46. The van der Waals surface area contributed by atoms with Gasteiger partial charge in [0.15, 0.2) is 0 Å². The van der Waals surface area contributed by atoms with E-state index in [9.17, 15) is 9.50 Å². The summed E-state index contributed by atoms with van der Waals surface area (Å²) >= 11 is 0. The van der Waals surface area contributed by atoms with Crippen LogP contribution in [0.3, 0.4) is 0 Å². The first kappa shape index (κ1) is 11.3. The number of aliphatic hydroxyl groups is 1. The maximum Gasteiger partial charge on any atom is 0.214 e. The average molecular weight is 224 g/mol. The molecular formula is C12H17FN2O. The fraction of sp³-hybridized carbons (Fsp3) is 0.583. The molecule has 1 aliphatic rings. The summed E-state index contributed by atoms with van der Waals surface area (Å²) < 4.78 is 13.1. The summed E-state index contributed by atoms with van der Waals surface area (Å²) in [7, 11) is 0. The third-order valence-corrected chi connectivity index (χ3v) is 3.18. The highest BCUT2D eigenvalue weighted by Crippen LogP contribution is 2.26. The molecule has 0 saturated carbocycles. The second-order valence-electron chi connectivity index (χ2n) is 4.76. The number of piperidine rings is 1. The van der Waals surface area contributed by atoms with Crippen LogP contribution in [-0.4, -0.2) is 28.8 Å². The molecule has 2 rings (SSSR count). The Morgan fingerprint density at radius 2 is 2.00 bits per heavy atom. The molecule has 0 bridgehead atoms. The van der Waals surface area contributed by atoms with E-state index in [1.807, 2.05) is 18.7 Å². The third-order valence-electron chi connectivity index (χ3n) is 3.18. The number of nitrogens with zero attached hydrogens (tertiary/aromatic N) is 2. The molecule has 1 saturated heterocycles. The van der Waals surface area contributed by atoms with Crippen molar-refractivity contribution in [1.82, 2.24) is 4.98 Å². The molecule has 88 valence electrons. The molecule has 0 amide bonds. The van der Waals surface area contributed by atoms with E-state index in [0.717, 1.165) is 18.7 Å². The Kier molecular flexibility index (Phi) is 2.84. The van der Waals surface area contributed by atoms with Gasteiger partial charge in [-0.1, -0.05) is 6.07 Å². The van der Waals surface area contributed by atoms with E-state index in [1.165, 1.54) is 6.07 Å². The van der Waals surface area contributed by atoms with E-state index in [-0.39, 0.29) is 0 Å². The van der Waals surface area contributed by atoms with Crippen molar-refractivity contribution in [2.45, 2.75) is 32.3 Å². The standard InChI is InChI=1S/C12H17FN2O/c1-9-3-4-10(13)14-11(9)15-7-5-12(2,16)6-8-15/h3-4,16H,5-8H2,1-2H3. The van der Waals surface area contributed by atoms with Gasteiger partial charge in [-0.25, -0.2) is 4.98 Å². The Labute approximate surface area is 94.9 Å². The highest BCUT2D eigenvalue weighted by Gasteiger charge is 2.28. The molecule has 1 aromatic rings. The number of rotatable bonds is 1. The smallest absolute Gasteiger partial charge is 0.214 e. The van der Waals surface area contributed by atoms with Crippen LogP contribution in [0.4, 0.5) is 10.2 Å². The molecule has 0 aromatic carbocycles. The van der Waals surface area contributed by atoms with E-state index >= 15 is 0 Å². The Morgan fingerprint density at radius 3 is 2.62 bits per heavy atom. The van der Waals surface area contributed by atoms with Crippen LogP contribution in [0.2, 0.25) is 0 Å². The van der Waals surface area contributed by atoms with Crippen molar-refractivity contribution in [3.05, 3.63) is 23.6 Å². The van der Waals surface area contributed by atoms with Crippen LogP contribution in [0.15, 0.2) is 12.1 Å². The predicted molar refractivity (Wildman–Crippen MR) is 61.0 cm³/mol. The van der Waals surface area contributed by atoms with Gasteiger partial charge < -0.3 is 10.0 Å². The van der Waals surface area contributed by atoms with Crippen molar-refractivity contribution >= 4 is 5.82 Å². The summed E-state index contributed by atoms with van der Waals surface area (Å²) in [5, 5.41) is 9.84. The molecule has 4 heteroatoms. The van der Waals surface area contributed by atoms with Crippen LogP contribution in [-0.2, 0) is 0 Å². The van der Waals surface area contributed by atoms with Crippen LogP contribution < -0.4 is 4.90 Å². The average Bonchev–Trinajstić information content (AvgIpc) is 2.22. The largest absolute Gasteiger partial charge is 0.390 e. The summed E-state index contributed by atoms with van der Waals surface area (Å²) in [6.07, 6.45) is 1.40. The molecule has 0 atom stereocenters. The first-order chi connectivity index (χ1) is 7.48. The third kappa shape index (κ3) is 2.32. The SMILES string of the molecule is Cc1ccc(F)nc1N1CCC(C)(O)CC1. The molecule has 1 N–H and O–H groups in total. The van der Waals surface area contributed by atoms with Gasteiger partial charge in [0.2, 0.25) is 5.95 Å². The van der Waals surface area contributed by atoms with Gasteiger partial charge in [0.1, 0.15) is 5.82 Å². The van der Waals surface area contributed by atoms with Gasteiger partial charge in [-0.2, -0.15) is 4.39 Å². The number of pyridine rings is 1. The van der Waals surface area contributed by atoms with E-state index in [2.05, 4.69) is 4.98 Å². The fourth-order valence-electron chi connectivity index (χ4n) is 2.02. The van der Waals surface area contributed by atoms with Gasteiger partial charge in [0.05, 0.1) is 5.60 Å². The Balaban J connectivity index is 2.17. The van der Waals surface area contributed by atoms with Crippen LogP contribution in [0.5, 0.6) is 0 Å². The first-order valence-corrected chi connectivity index (χ1v) is 5.58. The van der Waals surface area contributed by atoms with Gasteiger partial charge >= 0.3 is 0 Å². The lowest BCUT2D eigenvalue weighted by Gasteiger charge is -2.36. The Hall–Kier alpha value is -1.16. The quantitative estimate of drug-likeness (QED) is 0.740. The lowest BCUT2D eigenvalue weighted by Crippen LogP contribution is -2.43. The zero-order valence-electron chi connectivity index (χ0n) is 9.70. The van der Waals surface area contributed by atoms with E-state index in [1.54, 1.807) is 6.07 Å². The lowest BCUT2D eigenvalue weighted by atomic mass is 9.94. The van der Waals surface area contributed by atoms with Crippen molar-refractivity contribution in [1.29, 1.82) is 0 Å². The Morgan fingerprint density at radius 1 is 1.38 bits per heavy atom. The molecule has 1 aliphatic heterocycles. The molecule has 2 heterocycles. The highest BCUT2D eigenvalue weighted by atomic mass is 19.1. The summed E-state index contributed by atoms with van der Waals surface area (Å²) in [4.78, 5) is 5.96. The minimum absolute atomic E-state index is 0.446. The number of hydrogen-bond acceptors (Lipinski definition) is 3. The number of aryl methyl sites for hydroxylation is 1. The zero-order chi connectivity index (χ0) is 11.8. The van der Waals surface area contributed by atoms with Crippen LogP contribution >= 0.6 is 0 Å². The molecule has 3 nitrogen and oxygen atoms in total. The lowest BCUT2D eigenvalue weighted by molar-refractivity contribution is 0.0350. The van der Waals surface area contributed by atoms with Gasteiger partial charge in [0.25, 0.3) is 0 Å². The van der Waals surface area contributed by atoms with Crippen molar-refractivity contribution in [2.24, 2.45) is 0 Å². The monoisotopic (exact) mass is 224 g/mol. The van der Waals surface area contributed by atoms with Crippen LogP contribution in [0.25, 0.3) is 0 Å². The van der Waals surface area contributed by atoms with E-state index in [4.69, 9.17) is 0 Å². The van der Waals surface area contributed by atoms with Crippen LogP contribution in [0.1, 0.15) is 25.3 Å². The second-order valence-corrected chi connectivity index (χ2v) is 4.76. The zero-order valence-corrected chi connectivity index (χ0v) is 9.70. The van der Waals surface area contributed by atoms with Crippen LogP contribution in [0, 0.1) is 12.9 Å². The maximum atomic E-state index is 13.1. The molecule has 0 unspecified atom stereocenters. The van der Waals surface area contributed by atoms with Crippen molar-refractivity contribution in [3.8, 4) is 0 Å². The fourth-order valence-corrected chi connectivity index (χ4v) is 2.02. The van der Waals surface area contributed by atoms with E-state index in [0.29, 0.717) is 18.7 Å². The minimum atomic E-state index is -0.586. The number of halogens is 1. The molecule has 1 aromatic heterocycles. The summed E-state index contributed by atoms with van der Waals surface area (Å²) in [6, 6.07) is 3.11. The topological polar surface area (TPSA) is 36.4 Å². The van der Waals surface area contributed by atoms with Gasteiger partial charge in [-0.15, -0.1) is 0 Å². The number of aromatic nitrogens is 1. The van der Waals surface area contributed by atoms with Crippen molar-refractivity contribution < 1.29 is 9.50 Å². The van der Waals surface area contributed by atoms with E-state index < -0.39 is 11.5 Å². The van der Waals surface area contributed by atoms with Gasteiger partial charge in [-0.3, -0.25) is 0 Å². The molecule has 0 spiro atoms. The molecule has 0 radical (unpaired) electrons. The molecular weight excluding hydrogens is 207 g/mol. The Bertz CT molecular complexity index is 383. The van der Waals surface area contributed by atoms with Gasteiger partial charge in [-0.05, 0) is 38.3 Å². The van der Waals surface area contributed by atoms with Crippen molar-refractivity contribution in [2.75, 3.05) is 18.0 Å². The summed E-state index contributed by atoms with van der Waals surface area (Å²) in [5.41, 5.74) is 0.389. The predicted octanol–water partition coefficient (Wildman–Crippen LogP) is 1.88. The first-order valence-electron chi connectivity index (χ1n) is 5.58. The summed E-state index contributed by atoms with van der Waals surface area (Å²) in [5.74, 6) is 0.258. The van der Waals surface area contributed by atoms with Crippen molar-refractivity contribution in [3.63, 3.8) is 0 Å². The molecule has 16 heavy (non-hydrogen) atoms. The number of anilines is 1. The number of hydrogen-bond donors (Lipinski definition) is 1. The molecule has 1 fully saturated rings. The normalized spacial score (nSPS) is 19.9. The minimum Gasteiger partial charge on any atom is -0.390 e. The molecule has 0 aliphatic carbocycles. The van der Waals surface area contributed by atoms with Gasteiger partial charge in [0, 0.05) is 13.1 Å².